The predicted molar refractivity (Wildman–Crippen MR) is 121 cm³/mol. The van der Waals surface area contributed by atoms with Gasteiger partial charge in [-0.3, -0.25) is 4.79 Å². The van der Waals surface area contributed by atoms with Crippen LogP contribution in [0, 0.1) is 13.8 Å². The van der Waals surface area contributed by atoms with Crippen LogP contribution in [0.4, 0.5) is 0 Å². The molecule has 1 N–H and O–H groups in total. The summed E-state index contributed by atoms with van der Waals surface area (Å²) in [6, 6.07) is 6.94. The second kappa shape index (κ2) is 16.6. The Labute approximate surface area is 174 Å². The summed E-state index contributed by atoms with van der Waals surface area (Å²) in [7, 11) is 0. The summed E-state index contributed by atoms with van der Waals surface area (Å²) >= 11 is 0. The third-order valence-corrected chi connectivity index (χ3v) is 5.64. The van der Waals surface area contributed by atoms with E-state index in [4.69, 9.17) is 5.11 Å². The van der Waals surface area contributed by atoms with Crippen molar-refractivity contribution in [3.8, 4) is 0 Å². The minimum Gasteiger partial charge on any atom is -0.481 e. The molecule has 0 aliphatic rings. The van der Waals surface area contributed by atoms with Crippen LogP contribution in [0.2, 0.25) is 0 Å². The Hall–Kier alpha value is -1.31. The van der Waals surface area contributed by atoms with E-state index in [0.717, 1.165) is 12.8 Å². The maximum absolute atomic E-state index is 10.4. The topological polar surface area (TPSA) is 37.3 Å². The van der Waals surface area contributed by atoms with Crippen molar-refractivity contribution < 1.29 is 9.90 Å². The molecule has 0 atom stereocenters. The molecular formula is C26H44O2. The summed E-state index contributed by atoms with van der Waals surface area (Å²) in [5, 5.41) is 8.59. The molecule has 28 heavy (non-hydrogen) atoms. The zero-order valence-electron chi connectivity index (χ0n) is 18.6. The summed E-state index contributed by atoms with van der Waals surface area (Å²) in [4.78, 5) is 10.4. The van der Waals surface area contributed by atoms with Crippen molar-refractivity contribution in [3.05, 3.63) is 34.9 Å². The summed E-state index contributed by atoms with van der Waals surface area (Å²) in [6.07, 6.45) is 21.2. The Morgan fingerprint density at radius 2 is 0.964 bits per heavy atom. The molecule has 0 aliphatic heterocycles. The number of benzene rings is 1. The standard InChI is InChI=1S/C26H44O2/c1-23-20-24(2)22-25(21-23)18-16-14-12-10-8-6-4-3-5-7-9-11-13-15-17-19-26(27)28/h20-22H,3-19H2,1-2H3,(H,27,28). The number of carboxylic acid groups (broad SMARTS) is 1. The molecule has 0 radical (unpaired) electrons. The lowest BCUT2D eigenvalue weighted by Gasteiger charge is -2.06. The average molecular weight is 389 g/mol. The van der Waals surface area contributed by atoms with E-state index >= 15 is 0 Å². The summed E-state index contributed by atoms with van der Waals surface area (Å²) < 4.78 is 0. The molecule has 1 aromatic rings. The van der Waals surface area contributed by atoms with Crippen LogP contribution in [0.1, 0.15) is 119 Å². The molecule has 0 heterocycles. The van der Waals surface area contributed by atoms with Gasteiger partial charge >= 0.3 is 5.97 Å². The van der Waals surface area contributed by atoms with Crippen molar-refractivity contribution in [2.75, 3.05) is 0 Å². The van der Waals surface area contributed by atoms with E-state index in [1.807, 2.05) is 0 Å². The molecule has 0 aromatic heterocycles. The molecule has 0 unspecified atom stereocenters. The minimum absolute atomic E-state index is 0.340. The smallest absolute Gasteiger partial charge is 0.303 e. The number of hydrogen-bond acceptors (Lipinski definition) is 1. The first-order valence-electron chi connectivity index (χ1n) is 11.9. The van der Waals surface area contributed by atoms with Crippen LogP contribution in [0.3, 0.4) is 0 Å². The first kappa shape index (κ1) is 24.7. The lowest BCUT2D eigenvalue weighted by atomic mass is 10.0. The molecular weight excluding hydrogens is 344 g/mol. The van der Waals surface area contributed by atoms with Gasteiger partial charge in [-0.2, -0.15) is 0 Å². The maximum atomic E-state index is 10.4. The van der Waals surface area contributed by atoms with Gasteiger partial charge in [-0.1, -0.05) is 113 Å². The molecule has 0 aliphatic carbocycles. The van der Waals surface area contributed by atoms with E-state index < -0.39 is 5.97 Å². The van der Waals surface area contributed by atoms with Crippen LogP contribution >= 0.6 is 0 Å². The fraction of sp³-hybridized carbons (Fsp3) is 0.731. The Morgan fingerprint density at radius 3 is 1.36 bits per heavy atom. The zero-order chi connectivity index (χ0) is 20.5. The molecule has 0 amide bonds. The number of carbonyl (C=O) groups is 1. The van der Waals surface area contributed by atoms with Crippen LogP contribution < -0.4 is 0 Å². The van der Waals surface area contributed by atoms with Crippen molar-refractivity contribution >= 4 is 5.97 Å². The monoisotopic (exact) mass is 388 g/mol. The molecule has 2 heteroatoms. The van der Waals surface area contributed by atoms with E-state index in [1.54, 1.807) is 0 Å². The van der Waals surface area contributed by atoms with Gasteiger partial charge in [0.25, 0.3) is 0 Å². The van der Waals surface area contributed by atoms with Crippen molar-refractivity contribution in [1.29, 1.82) is 0 Å². The highest BCUT2D eigenvalue weighted by atomic mass is 16.4. The second-order valence-corrected chi connectivity index (χ2v) is 8.69. The van der Waals surface area contributed by atoms with E-state index in [2.05, 4.69) is 32.0 Å². The fourth-order valence-corrected chi connectivity index (χ4v) is 4.12. The Bertz CT molecular complexity index is 501. The van der Waals surface area contributed by atoms with Gasteiger partial charge in [-0.05, 0) is 38.7 Å². The molecule has 160 valence electrons. The van der Waals surface area contributed by atoms with Crippen molar-refractivity contribution in [3.63, 3.8) is 0 Å². The molecule has 1 aromatic carbocycles. The Kier molecular flexibility index (Phi) is 14.7. The lowest BCUT2D eigenvalue weighted by molar-refractivity contribution is -0.137. The molecule has 0 saturated heterocycles. The third kappa shape index (κ3) is 14.7. The molecule has 2 nitrogen and oxygen atoms in total. The van der Waals surface area contributed by atoms with Gasteiger partial charge in [0, 0.05) is 6.42 Å². The third-order valence-electron chi connectivity index (χ3n) is 5.64. The van der Waals surface area contributed by atoms with Crippen molar-refractivity contribution in [2.24, 2.45) is 0 Å². The minimum atomic E-state index is -0.655. The normalized spacial score (nSPS) is 11.1. The molecule has 0 spiro atoms. The Morgan fingerprint density at radius 1 is 0.607 bits per heavy atom. The maximum Gasteiger partial charge on any atom is 0.303 e. The largest absolute Gasteiger partial charge is 0.481 e. The fourth-order valence-electron chi connectivity index (χ4n) is 4.12. The van der Waals surface area contributed by atoms with Crippen molar-refractivity contribution in [1.82, 2.24) is 0 Å². The van der Waals surface area contributed by atoms with Crippen LogP contribution in [0.25, 0.3) is 0 Å². The van der Waals surface area contributed by atoms with Gasteiger partial charge in [0.05, 0.1) is 0 Å². The Balaban J connectivity index is 1.78. The van der Waals surface area contributed by atoms with Gasteiger partial charge in [0.2, 0.25) is 0 Å². The number of aliphatic carboxylic acids is 1. The van der Waals surface area contributed by atoms with Gasteiger partial charge in [0.1, 0.15) is 0 Å². The lowest BCUT2D eigenvalue weighted by Crippen LogP contribution is -1.93. The average Bonchev–Trinajstić information content (AvgIpc) is 2.63. The van der Waals surface area contributed by atoms with Gasteiger partial charge in [-0.15, -0.1) is 0 Å². The quantitative estimate of drug-likeness (QED) is 0.257. The van der Waals surface area contributed by atoms with Crippen LogP contribution in [-0.2, 0) is 11.2 Å². The van der Waals surface area contributed by atoms with E-state index in [1.165, 1.54) is 107 Å². The van der Waals surface area contributed by atoms with Crippen molar-refractivity contribution in [2.45, 2.75) is 123 Å². The van der Waals surface area contributed by atoms with Gasteiger partial charge in [-0.25, -0.2) is 0 Å². The highest BCUT2D eigenvalue weighted by molar-refractivity contribution is 5.66. The molecule has 0 fully saturated rings. The first-order chi connectivity index (χ1) is 13.6. The number of carboxylic acids is 1. The summed E-state index contributed by atoms with van der Waals surface area (Å²) in [6.45, 7) is 4.39. The van der Waals surface area contributed by atoms with Crippen LogP contribution in [0.5, 0.6) is 0 Å². The predicted octanol–water partition coefficient (Wildman–Crippen LogP) is 8.17. The number of unbranched alkanes of at least 4 members (excludes halogenated alkanes) is 14. The van der Waals surface area contributed by atoms with Crippen LogP contribution in [0.15, 0.2) is 18.2 Å². The van der Waals surface area contributed by atoms with Gasteiger partial charge < -0.3 is 5.11 Å². The highest BCUT2D eigenvalue weighted by Gasteiger charge is 1.98. The van der Waals surface area contributed by atoms with Gasteiger partial charge in [0.15, 0.2) is 0 Å². The number of rotatable bonds is 18. The van der Waals surface area contributed by atoms with E-state index in [-0.39, 0.29) is 0 Å². The van der Waals surface area contributed by atoms with E-state index in [0.29, 0.717) is 6.42 Å². The molecule has 0 saturated carbocycles. The summed E-state index contributed by atoms with van der Waals surface area (Å²) in [5.74, 6) is -0.655. The van der Waals surface area contributed by atoms with Crippen LogP contribution in [-0.4, -0.2) is 11.1 Å². The summed E-state index contributed by atoms with van der Waals surface area (Å²) in [5.41, 5.74) is 4.30. The molecule has 0 bridgehead atoms. The zero-order valence-corrected chi connectivity index (χ0v) is 18.6. The SMILES string of the molecule is Cc1cc(C)cc(CCCCCCCCCCCCCCCCCC(=O)O)c1. The number of hydrogen-bond donors (Lipinski definition) is 1. The molecule has 1 rings (SSSR count). The second-order valence-electron chi connectivity index (χ2n) is 8.69. The highest BCUT2D eigenvalue weighted by Crippen LogP contribution is 2.15. The number of aryl methyl sites for hydroxylation is 3. The first-order valence-corrected chi connectivity index (χ1v) is 11.9. The van der Waals surface area contributed by atoms with E-state index in [9.17, 15) is 4.79 Å².